The largest absolute Gasteiger partial charge is 0.338 e. The first-order valence-corrected chi connectivity index (χ1v) is 12.5. The number of aromatic amines is 1. The zero-order valence-electron chi connectivity index (χ0n) is 18.2. The number of nitrogens with one attached hydrogen (secondary N) is 2. The van der Waals surface area contributed by atoms with E-state index < -0.39 is 21.8 Å². The minimum absolute atomic E-state index is 0.0406. The van der Waals surface area contributed by atoms with Gasteiger partial charge in [-0.15, -0.1) is 0 Å². The van der Waals surface area contributed by atoms with Gasteiger partial charge in [0, 0.05) is 18.7 Å². The van der Waals surface area contributed by atoms with Crippen molar-refractivity contribution in [3.63, 3.8) is 0 Å². The number of imidazole rings is 1. The average molecular weight is 479 g/mol. The van der Waals surface area contributed by atoms with Crippen LogP contribution in [0.25, 0.3) is 22.4 Å². The van der Waals surface area contributed by atoms with Crippen LogP contribution in [0, 0.1) is 11.7 Å². The van der Waals surface area contributed by atoms with Gasteiger partial charge in [-0.05, 0) is 43.2 Å². The maximum absolute atomic E-state index is 13.9. The van der Waals surface area contributed by atoms with E-state index in [-0.39, 0.29) is 23.0 Å². The lowest BCUT2D eigenvalue weighted by molar-refractivity contribution is -0.120. The molecule has 2 heterocycles. The molecule has 7 nitrogen and oxygen atoms in total. The fraction of sp³-hybridized carbons (Fsp3) is 0.200. The number of hydrogen-bond donors (Lipinski definition) is 2. The molecule has 1 atom stereocenters. The lowest BCUT2D eigenvalue weighted by Crippen LogP contribution is -2.43. The molecule has 34 heavy (non-hydrogen) atoms. The number of hydrogen-bond acceptors (Lipinski definition) is 4. The zero-order chi connectivity index (χ0) is 23.7. The Kier molecular flexibility index (Phi) is 5.89. The maximum Gasteiger partial charge on any atom is 0.243 e. The van der Waals surface area contributed by atoms with Crippen LogP contribution in [0.4, 0.5) is 10.1 Å². The standard InChI is InChI=1S/C25H23FN4O3S/c26-20-10-4-5-11-21(20)29-25(31)18-9-6-14-30(16-18)34(32,33)19-12-13-22-23(15-19)28-24(27-22)17-7-2-1-3-8-17/h1-5,7-8,10-13,15,18H,6,9,14,16H2,(H,27,28)(H,29,31)/t18-/m0/s1. The lowest BCUT2D eigenvalue weighted by Gasteiger charge is -2.31. The zero-order valence-corrected chi connectivity index (χ0v) is 19.1. The Morgan fingerprint density at radius 3 is 2.62 bits per heavy atom. The Bertz CT molecular complexity index is 1450. The fourth-order valence-electron chi connectivity index (χ4n) is 4.20. The summed E-state index contributed by atoms with van der Waals surface area (Å²) in [6.45, 7) is 0.362. The minimum Gasteiger partial charge on any atom is -0.338 e. The van der Waals surface area contributed by atoms with Gasteiger partial charge in [0.25, 0.3) is 0 Å². The Hall–Kier alpha value is -3.56. The highest BCUT2D eigenvalue weighted by atomic mass is 32.2. The molecule has 1 saturated heterocycles. The van der Waals surface area contributed by atoms with Crippen molar-refractivity contribution in [3.8, 4) is 11.4 Å². The van der Waals surface area contributed by atoms with Crippen molar-refractivity contribution in [3.05, 3.63) is 78.6 Å². The number of carbonyl (C=O) groups is 1. The van der Waals surface area contributed by atoms with Gasteiger partial charge in [-0.25, -0.2) is 17.8 Å². The van der Waals surface area contributed by atoms with Crippen molar-refractivity contribution in [1.82, 2.24) is 14.3 Å². The van der Waals surface area contributed by atoms with Gasteiger partial charge in [0.1, 0.15) is 11.6 Å². The van der Waals surface area contributed by atoms with Crippen LogP contribution in [-0.2, 0) is 14.8 Å². The molecule has 2 N–H and O–H groups in total. The smallest absolute Gasteiger partial charge is 0.243 e. The molecule has 0 aliphatic carbocycles. The van der Waals surface area contributed by atoms with Crippen LogP contribution >= 0.6 is 0 Å². The number of aromatic nitrogens is 2. The molecule has 1 aliphatic rings. The fourth-order valence-corrected chi connectivity index (χ4v) is 5.75. The summed E-state index contributed by atoms with van der Waals surface area (Å²) in [5.74, 6) is -0.822. The molecule has 1 amide bonds. The summed E-state index contributed by atoms with van der Waals surface area (Å²) < 4.78 is 42.0. The molecule has 1 aliphatic heterocycles. The van der Waals surface area contributed by atoms with Gasteiger partial charge in [0.2, 0.25) is 15.9 Å². The second kappa shape index (κ2) is 9.00. The Morgan fingerprint density at radius 1 is 1.06 bits per heavy atom. The Morgan fingerprint density at radius 2 is 1.82 bits per heavy atom. The number of halogens is 1. The van der Waals surface area contributed by atoms with Crippen LogP contribution in [0.5, 0.6) is 0 Å². The molecule has 0 unspecified atom stereocenters. The van der Waals surface area contributed by atoms with E-state index in [0.29, 0.717) is 36.2 Å². The van der Waals surface area contributed by atoms with Crippen molar-refractivity contribution >= 4 is 32.7 Å². The van der Waals surface area contributed by atoms with Crippen LogP contribution in [-0.4, -0.2) is 41.7 Å². The van der Waals surface area contributed by atoms with Crippen LogP contribution in [0.15, 0.2) is 77.7 Å². The molecular weight excluding hydrogens is 455 g/mol. The third-order valence-electron chi connectivity index (χ3n) is 6.02. The first kappa shape index (κ1) is 22.2. The summed E-state index contributed by atoms with van der Waals surface area (Å²) >= 11 is 0. The molecule has 0 bridgehead atoms. The van der Waals surface area contributed by atoms with Crippen LogP contribution in [0.2, 0.25) is 0 Å². The second-order valence-electron chi connectivity index (χ2n) is 8.30. The second-order valence-corrected chi connectivity index (χ2v) is 10.2. The number of carbonyl (C=O) groups excluding carboxylic acids is 1. The number of benzene rings is 3. The van der Waals surface area contributed by atoms with Gasteiger partial charge in [0.05, 0.1) is 27.5 Å². The number of H-pyrrole nitrogens is 1. The summed E-state index contributed by atoms with van der Waals surface area (Å²) in [7, 11) is -3.82. The van der Waals surface area contributed by atoms with Gasteiger partial charge in [0.15, 0.2) is 0 Å². The summed E-state index contributed by atoms with van der Waals surface area (Å²) in [6.07, 6.45) is 1.07. The molecule has 4 aromatic rings. The Balaban J connectivity index is 1.36. The molecular formula is C25H23FN4O3S. The van der Waals surface area contributed by atoms with E-state index in [1.807, 2.05) is 30.3 Å². The van der Waals surface area contributed by atoms with E-state index in [1.165, 1.54) is 22.5 Å². The van der Waals surface area contributed by atoms with E-state index in [4.69, 9.17) is 0 Å². The number of anilines is 1. The van der Waals surface area contributed by atoms with Crippen molar-refractivity contribution < 1.29 is 17.6 Å². The summed E-state index contributed by atoms with van der Waals surface area (Å²) in [4.78, 5) is 20.6. The molecule has 5 rings (SSSR count). The van der Waals surface area contributed by atoms with Gasteiger partial charge in [-0.3, -0.25) is 4.79 Å². The van der Waals surface area contributed by atoms with E-state index in [2.05, 4.69) is 15.3 Å². The molecule has 174 valence electrons. The van der Waals surface area contributed by atoms with E-state index in [9.17, 15) is 17.6 Å². The van der Waals surface area contributed by atoms with E-state index in [0.717, 1.165) is 5.56 Å². The van der Waals surface area contributed by atoms with Crippen LogP contribution < -0.4 is 5.32 Å². The first-order chi connectivity index (χ1) is 16.4. The number of piperidine rings is 1. The number of fused-ring (bicyclic) bond motifs is 1. The molecule has 0 spiro atoms. The molecule has 0 radical (unpaired) electrons. The normalized spacial score (nSPS) is 17.0. The van der Waals surface area contributed by atoms with E-state index >= 15 is 0 Å². The predicted octanol–water partition coefficient (Wildman–Crippen LogP) is 4.41. The van der Waals surface area contributed by atoms with Gasteiger partial charge < -0.3 is 10.3 Å². The summed E-state index contributed by atoms with van der Waals surface area (Å²) in [5.41, 5.74) is 2.28. The van der Waals surface area contributed by atoms with Crippen molar-refractivity contribution in [1.29, 1.82) is 0 Å². The van der Waals surface area contributed by atoms with E-state index in [1.54, 1.807) is 24.3 Å². The van der Waals surface area contributed by atoms with Crippen LogP contribution in [0.3, 0.4) is 0 Å². The number of amides is 1. The van der Waals surface area contributed by atoms with Crippen molar-refractivity contribution in [2.24, 2.45) is 5.92 Å². The topological polar surface area (TPSA) is 95.2 Å². The lowest BCUT2D eigenvalue weighted by atomic mass is 9.98. The van der Waals surface area contributed by atoms with Crippen LogP contribution in [0.1, 0.15) is 12.8 Å². The number of rotatable bonds is 5. The molecule has 0 saturated carbocycles. The van der Waals surface area contributed by atoms with Crippen molar-refractivity contribution in [2.75, 3.05) is 18.4 Å². The maximum atomic E-state index is 13.9. The highest BCUT2D eigenvalue weighted by molar-refractivity contribution is 7.89. The highest BCUT2D eigenvalue weighted by Crippen LogP contribution is 2.28. The van der Waals surface area contributed by atoms with Gasteiger partial charge in [-0.2, -0.15) is 4.31 Å². The van der Waals surface area contributed by atoms with Gasteiger partial charge >= 0.3 is 0 Å². The van der Waals surface area contributed by atoms with Crippen molar-refractivity contribution in [2.45, 2.75) is 17.7 Å². The number of para-hydroxylation sites is 1. The summed E-state index contributed by atoms with van der Waals surface area (Å²) in [6, 6.07) is 20.3. The molecule has 1 fully saturated rings. The van der Waals surface area contributed by atoms with Gasteiger partial charge in [-0.1, -0.05) is 42.5 Å². The average Bonchev–Trinajstić information content (AvgIpc) is 3.30. The molecule has 3 aromatic carbocycles. The Labute approximate surface area is 196 Å². The first-order valence-electron chi connectivity index (χ1n) is 11.0. The predicted molar refractivity (Wildman–Crippen MR) is 128 cm³/mol. The quantitative estimate of drug-likeness (QED) is 0.444. The number of nitrogens with zero attached hydrogens (tertiary/aromatic N) is 2. The third kappa shape index (κ3) is 4.32. The third-order valence-corrected chi connectivity index (χ3v) is 7.89. The minimum atomic E-state index is -3.82. The molecule has 1 aromatic heterocycles. The SMILES string of the molecule is O=C(Nc1ccccc1F)[C@H]1CCCN(S(=O)(=O)c2ccc3nc(-c4ccccc4)[nH]c3c2)C1. The summed E-state index contributed by atoms with van der Waals surface area (Å²) in [5, 5.41) is 2.59. The highest BCUT2D eigenvalue weighted by Gasteiger charge is 2.33. The monoisotopic (exact) mass is 478 g/mol. The molecule has 9 heteroatoms. The number of sulfonamides is 1.